The van der Waals surface area contributed by atoms with E-state index in [9.17, 15) is 44.7 Å². The van der Waals surface area contributed by atoms with E-state index in [1.807, 2.05) is 0 Å². The number of amides is 2. The van der Waals surface area contributed by atoms with Crippen molar-refractivity contribution in [2.24, 2.45) is 17.6 Å². The molecule has 7 rings (SSSR count). The van der Waals surface area contributed by atoms with Gasteiger partial charge in [0.15, 0.2) is 17.1 Å². The summed E-state index contributed by atoms with van der Waals surface area (Å²) in [5.74, 6) is -10.0. The molecule has 0 fully saturated rings. The van der Waals surface area contributed by atoms with Gasteiger partial charge in [-0.3, -0.25) is 24.1 Å². The number of anilines is 1. The van der Waals surface area contributed by atoms with E-state index in [0.29, 0.717) is 12.0 Å². The van der Waals surface area contributed by atoms with Crippen LogP contribution in [0.3, 0.4) is 0 Å². The largest absolute Gasteiger partial charge is 0.510 e. The van der Waals surface area contributed by atoms with Crippen LogP contribution in [0, 0.1) is 11.8 Å². The number of rotatable bonds is 20. The number of primary amides is 1. The number of fused-ring (bicyclic) bond motifs is 3. The molecule has 0 spiro atoms. The molecule has 2 amide bonds. The van der Waals surface area contributed by atoms with Gasteiger partial charge in [0.25, 0.3) is 5.91 Å². The number of hydrogen-bond acceptors (Lipinski definition) is 10. The van der Waals surface area contributed by atoms with Crippen molar-refractivity contribution in [2.75, 3.05) is 25.6 Å². The van der Waals surface area contributed by atoms with Crippen molar-refractivity contribution in [2.45, 2.75) is 108 Å². The van der Waals surface area contributed by atoms with E-state index in [4.69, 9.17) is 5.73 Å². The number of aromatic hydroxyl groups is 1. The van der Waals surface area contributed by atoms with Gasteiger partial charge in [0.1, 0.15) is 17.1 Å². The van der Waals surface area contributed by atoms with E-state index in [1.54, 1.807) is 13.0 Å². The normalized spacial score (nSPS) is 22.9. The Morgan fingerprint density at radius 2 is 1.19 bits per heavy atom. The molecule has 13 heteroatoms. The first-order chi connectivity index (χ1) is 32.2. The van der Waals surface area contributed by atoms with Crippen LogP contribution in [0.2, 0.25) is 0 Å². The van der Waals surface area contributed by atoms with Crippen molar-refractivity contribution in [3.05, 3.63) is 137 Å². The molecular formula is C54H66N3O9P. The third-order valence-corrected chi connectivity index (χ3v) is 19.7. The number of nitrogens with one attached hydrogen (secondary N) is 1. The van der Waals surface area contributed by atoms with E-state index in [2.05, 4.69) is 96.3 Å². The molecule has 0 unspecified atom stereocenters. The topological polar surface area (TPSA) is 211 Å². The zero-order chi connectivity index (χ0) is 48.0. The maximum atomic E-state index is 14.2. The van der Waals surface area contributed by atoms with Crippen molar-refractivity contribution < 1.29 is 44.7 Å². The summed E-state index contributed by atoms with van der Waals surface area (Å²) < 4.78 is 0. The van der Waals surface area contributed by atoms with E-state index >= 15 is 0 Å². The quantitative estimate of drug-likeness (QED) is 0.0209. The molecule has 0 aliphatic heterocycles. The molecule has 0 saturated carbocycles. The number of phenolic OH excluding ortho intramolecular Hbond substituents is 1. The van der Waals surface area contributed by atoms with Crippen molar-refractivity contribution >= 4 is 52.2 Å². The Morgan fingerprint density at radius 3 is 1.67 bits per heavy atom. The number of benzene rings is 4. The third-order valence-electron chi connectivity index (χ3n) is 14.7. The molecule has 8 N–H and O–H groups in total. The Bertz CT molecular complexity index is 2410. The molecule has 0 bridgehead atoms. The van der Waals surface area contributed by atoms with Crippen LogP contribution in [0.4, 0.5) is 5.69 Å². The second-order valence-corrected chi connectivity index (χ2v) is 23.0. The number of carbonyl (C=O) groups excluding carboxylic acids is 4. The Hall–Kier alpha value is -5.65. The number of phenols is 1. The first-order valence-electron chi connectivity index (χ1n) is 23.8. The second kappa shape index (κ2) is 21.1. The van der Waals surface area contributed by atoms with Crippen LogP contribution < -0.4 is 27.0 Å². The molecular weight excluding hydrogens is 866 g/mol. The van der Waals surface area contributed by atoms with E-state index < -0.39 is 88.7 Å². The monoisotopic (exact) mass is 931 g/mol. The summed E-state index contributed by atoms with van der Waals surface area (Å²) in [6.45, 7) is 1.66. The minimum Gasteiger partial charge on any atom is -0.510 e. The molecule has 6 atom stereocenters. The molecule has 0 heterocycles. The van der Waals surface area contributed by atoms with Gasteiger partial charge < -0.3 is 36.6 Å². The maximum absolute atomic E-state index is 14.2. The minimum absolute atomic E-state index is 0.0222. The van der Waals surface area contributed by atoms with E-state index in [-0.39, 0.29) is 23.6 Å². The van der Waals surface area contributed by atoms with Crippen LogP contribution in [0.15, 0.2) is 126 Å². The third kappa shape index (κ3) is 9.34. The minimum atomic E-state index is -3.00. The average Bonchev–Trinajstić information content (AvgIpc) is 3.31. The number of aliphatic hydroxyl groups is 4. The van der Waals surface area contributed by atoms with E-state index in [1.165, 1.54) is 85.7 Å². The number of Topliss-reactive ketones (excluding diaryl/α,β-unsaturated/α-hetero) is 2. The molecule has 3 aliphatic carbocycles. The van der Waals surface area contributed by atoms with Gasteiger partial charge in [0, 0.05) is 17.9 Å². The summed E-state index contributed by atoms with van der Waals surface area (Å²) in [5, 5.41) is 64.9. The number of unbranched alkanes of at least 4 members (excludes halogenated alkanes) is 10. The van der Waals surface area contributed by atoms with Crippen molar-refractivity contribution in [3.63, 3.8) is 0 Å². The zero-order valence-electron chi connectivity index (χ0n) is 38.8. The predicted molar refractivity (Wildman–Crippen MR) is 265 cm³/mol. The number of nitrogens with two attached hydrogens (primary N) is 1. The smallest absolute Gasteiger partial charge is 0.255 e. The maximum Gasteiger partial charge on any atom is 0.255 e. The molecule has 67 heavy (non-hydrogen) atoms. The first kappa shape index (κ1) is 49.3. The Balaban J connectivity index is 0.869. The van der Waals surface area contributed by atoms with E-state index in [0.717, 1.165) is 25.7 Å². The van der Waals surface area contributed by atoms with Gasteiger partial charge in [-0.1, -0.05) is 13.0 Å². The number of aliphatic hydroxyl groups excluding tert-OH is 3. The van der Waals surface area contributed by atoms with Gasteiger partial charge in [0.05, 0.1) is 29.3 Å². The fourth-order valence-corrected chi connectivity index (χ4v) is 16.2. The van der Waals surface area contributed by atoms with Crippen LogP contribution in [0.1, 0.15) is 106 Å². The molecule has 0 radical (unpaired) electrons. The van der Waals surface area contributed by atoms with Gasteiger partial charge in [-0.2, -0.15) is 0 Å². The number of ketones is 2. The zero-order valence-corrected chi connectivity index (χ0v) is 39.8. The summed E-state index contributed by atoms with van der Waals surface area (Å²) in [7, 11) is 0.783. The van der Waals surface area contributed by atoms with Crippen LogP contribution in [-0.4, -0.2) is 91.8 Å². The van der Waals surface area contributed by atoms with Crippen LogP contribution in [0.25, 0.3) is 0 Å². The standard InChI is InChI=1S/C54H66N3O9P/c1-34-38-31-32-39(47(59)42(38)48(60)43-41(34)49(61)45-46(57(2)3)50(62)44(53(55)65)52(64)54(45,66)51(43)63)56-40(58)30-22-11-9-7-5-4-6-8-10-12-23-33-67(35-24-16-13-17-25-35,36-26-18-14-19-27-36)37-28-20-15-21-29-37/h13-21,24-29,31-32,34,41,45-46,49,59,61-63,66-67H,4-12,22-23,30,33H2,1-3H3,(H2,55,65)(H,56,58)/t34-,41+,45+,46-,49-,54-/m0/s1. The number of carbonyl (C=O) groups is 4. The van der Waals surface area contributed by atoms with Gasteiger partial charge in [-0.25, -0.2) is 0 Å². The van der Waals surface area contributed by atoms with Gasteiger partial charge in [0.2, 0.25) is 11.7 Å². The van der Waals surface area contributed by atoms with Crippen molar-refractivity contribution in [1.29, 1.82) is 0 Å². The van der Waals surface area contributed by atoms with Crippen molar-refractivity contribution in [3.8, 4) is 5.75 Å². The van der Waals surface area contributed by atoms with Crippen LogP contribution in [0.5, 0.6) is 5.75 Å². The fourth-order valence-electron chi connectivity index (χ4n) is 11.3. The molecule has 4 aromatic carbocycles. The van der Waals surface area contributed by atoms with Crippen molar-refractivity contribution in [1.82, 2.24) is 4.90 Å². The second-order valence-electron chi connectivity index (χ2n) is 18.9. The summed E-state index contributed by atoms with van der Waals surface area (Å²) in [4.78, 5) is 54.6. The number of hydrogen-bond donors (Lipinski definition) is 7. The van der Waals surface area contributed by atoms with Gasteiger partial charge >= 0.3 is 191 Å². The summed E-state index contributed by atoms with van der Waals surface area (Å²) in [6, 6.07) is 35.0. The predicted octanol–water partition coefficient (Wildman–Crippen LogP) is 7.00. The van der Waals surface area contributed by atoms with Crippen LogP contribution >= 0.6 is 7.26 Å². The SMILES string of the molecule is C[C@H]1c2ccc(NC(=O)CCCCCCCCCCCCC[PH](c3ccccc3)(c3ccccc3)c3ccccc3)c(O)c2C(=O)C2=C(O)[C@]3(O)C(=O)C(C(N)=O)=C(O)[C@@H](N(C)C)[C@@H]3[C@@H](O)[C@@H]21. The number of likely N-dealkylation sites (N-methyl/N-ethyl adjacent to an activating group) is 1. The molecule has 356 valence electrons. The fraction of sp³-hybridized carbons (Fsp3) is 0.407. The average molecular weight is 932 g/mol. The Morgan fingerprint density at radius 1 is 0.716 bits per heavy atom. The molecule has 3 aliphatic rings. The first-order valence-corrected chi connectivity index (χ1v) is 26.0. The van der Waals surface area contributed by atoms with Crippen LogP contribution in [-0.2, 0) is 14.4 Å². The summed E-state index contributed by atoms with van der Waals surface area (Å²) >= 11 is 0. The Kier molecular flexibility index (Phi) is 15.5. The summed E-state index contributed by atoms with van der Waals surface area (Å²) in [6.07, 6.45) is 11.7. The molecule has 0 saturated heterocycles. The molecule has 0 aromatic heterocycles. The summed E-state index contributed by atoms with van der Waals surface area (Å²) in [5.41, 5.74) is 0.996. The van der Waals surface area contributed by atoms with Gasteiger partial charge in [-0.05, 0) is 31.6 Å². The number of nitrogens with zero attached hydrogens (tertiary/aromatic N) is 1. The molecule has 4 aromatic rings. The Labute approximate surface area is 394 Å². The molecule has 12 nitrogen and oxygen atoms in total. The van der Waals surface area contributed by atoms with Gasteiger partial charge in [-0.15, -0.1) is 0 Å².